The van der Waals surface area contributed by atoms with Gasteiger partial charge >= 0.3 is 0 Å². The second-order valence-corrected chi connectivity index (χ2v) is 4.18. The lowest BCUT2D eigenvalue weighted by atomic mass is 10.1. The molecule has 0 saturated carbocycles. The number of pyridine rings is 1. The van der Waals surface area contributed by atoms with Crippen molar-refractivity contribution >= 4 is 11.6 Å². The van der Waals surface area contributed by atoms with Gasteiger partial charge in [-0.05, 0) is 25.0 Å². The number of hydrogen-bond acceptors (Lipinski definition) is 4. The zero-order valence-electron chi connectivity index (χ0n) is 9.76. The molecule has 17 heavy (non-hydrogen) atoms. The lowest BCUT2D eigenvalue weighted by molar-refractivity contribution is 0.226. The number of anilines is 1. The van der Waals surface area contributed by atoms with E-state index in [1.54, 1.807) is 6.07 Å². The van der Waals surface area contributed by atoms with Gasteiger partial charge in [-0.1, -0.05) is 6.92 Å². The Balaban J connectivity index is 2.19. The molecular formula is C11H15FN4O. The third-order valence-corrected chi connectivity index (χ3v) is 2.79. The van der Waals surface area contributed by atoms with Crippen molar-refractivity contribution in [2.24, 2.45) is 5.92 Å². The largest absolute Gasteiger partial charge is 0.396 e. The van der Waals surface area contributed by atoms with E-state index in [9.17, 15) is 4.39 Å². The SMILES string of the molecule is CC(CO)C(C)Nc1nc2ccc(F)cn2n1. The molecule has 2 aromatic rings. The van der Waals surface area contributed by atoms with Crippen LogP contribution in [0.25, 0.3) is 5.65 Å². The van der Waals surface area contributed by atoms with Gasteiger partial charge in [0, 0.05) is 12.6 Å². The Bertz CT molecular complexity index is 513. The highest BCUT2D eigenvalue weighted by Crippen LogP contribution is 2.10. The first-order valence-corrected chi connectivity index (χ1v) is 5.49. The molecule has 2 aromatic heterocycles. The van der Waals surface area contributed by atoms with Gasteiger partial charge in [-0.15, -0.1) is 5.10 Å². The fraction of sp³-hybridized carbons (Fsp3) is 0.455. The highest BCUT2D eigenvalue weighted by molar-refractivity contribution is 5.43. The molecule has 5 nitrogen and oxygen atoms in total. The quantitative estimate of drug-likeness (QED) is 0.842. The Labute approximate surface area is 98.3 Å². The second kappa shape index (κ2) is 4.67. The Morgan fingerprint density at radius 1 is 1.47 bits per heavy atom. The van der Waals surface area contributed by atoms with Crippen LogP contribution in [0.5, 0.6) is 0 Å². The van der Waals surface area contributed by atoms with Gasteiger partial charge in [0.25, 0.3) is 0 Å². The third kappa shape index (κ3) is 2.52. The van der Waals surface area contributed by atoms with Gasteiger partial charge in [-0.25, -0.2) is 8.91 Å². The first kappa shape index (κ1) is 11.8. The van der Waals surface area contributed by atoms with Gasteiger partial charge in [0.15, 0.2) is 5.65 Å². The van der Waals surface area contributed by atoms with Crippen LogP contribution in [0.4, 0.5) is 10.3 Å². The summed E-state index contributed by atoms with van der Waals surface area (Å²) in [5.41, 5.74) is 0.581. The van der Waals surface area contributed by atoms with Crippen LogP contribution in [0, 0.1) is 11.7 Å². The van der Waals surface area contributed by atoms with Crippen molar-refractivity contribution in [3.8, 4) is 0 Å². The fourth-order valence-electron chi connectivity index (χ4n) is 1.42. The minimum absolute atomic E-state index is 0.0438. The molecule has 2 N–H and O–H groups in total. The number of nitrogens with zero attached hydrogens (tertiary/aromatic N) is 3. The number of nitrogens with one attached hydrogen (secondary N) is 1. The van der Waals surface area contributed by atoms with E-state index < -0.39 is 0 Å². The maximum absolute atomic E-state index is 12.9. The van der Waals surface area contributed by atoms with E-state index in [0.29, 0.717) is 11.6 Å². The standard InChI is InChI=1S/C11H15FN4O/c1-7(6-17)8(2)13-11-14-10-4-3-9(12)5-16(10)15-11/h3-5,7-8,17H,6H2,1-2H3,(H,13,15). The van der Waals surface area contributed by atoms with Crippen molar-refractivity contribution in [1.82, 2.24) is 14.6 Å². The fourth-order valence-corrected chi connectivity index (χ4v) is 1.42. The summed E-state index contributed by atoms with van der Waals surface area (Å²) in [6, 6.07) is 2.95. The van der Waals surface area contributed by atoms with Crippen molar-refractivity contribution in [3.63, 3.8) is 0 Å². The zero-order valence-corrected chi connectivity index (χ0v) is 9.76. The maximum atomic E-state index is 12.9. The number of halogens is 1. The van der Waals surface area contributed by atoms with Crippen molar-refractivity contribution < 1.29 is 9.50 Å². The van der Waals surface area contributed by atoms with E-state index in [4.69, 9.17) is 5.11 Å². The average molecular weight is 238 g/mol. The Hall–Kier alpha value is -1.69. The normalized spacial score (nSPS) is 14.8. The minimum Gasteiger partial charge on any atom is -0.396 e. The van der Waals surface area contributed by atoms with Crippen LogP contribution in [0.1, 0.15) is 13.8 Å². The predicted octanol–water partition coefficient (Wildman–Crippen LogP) is 1.30. The molecule has 0 aliphatic rings. The van der Waals surface area contributed by atoms with E-state index >= 15 is 0 Å². The van der Waals surface area contributed by atoms with Gasteiger partial charge in [-0.3, -0.25) is 0 Å². The van der Waals surface area contributed by atoms with Gasteiger partial charge in [0.2, 0.25) is 5.95 Å². The summed E-state index contributed by atoms with van der Waals surface area (Å²) in [7, 11) is 0. The summed E-state index contributed by atoms with van der Waals surface area (Å²) < 4.78 is 14.3. The number of fused-ring (bicyclic) bond motifs is 1. The summed E-state index contributed by atoms with van der Waals surface area (Å²) in [5, 5.41) is 16.2. The minimum atomic E-state index is -0.356. The summed E-state index contributed by atoms with van der Waals surface area (Å²) in [5.74, 6) is 0.174. The van der Waals surface area contributed by atoms with E-state index in [-0.39, 0.29) is 24.4 Å². The number of hydrogen-bond donors (Lipinski definition) is 2. The smallest absolute Gasteiger partial charge is 0.243 e. The van der Waals surface area contributed by atoms with Crippen molar-refractivity contribution in [1.29, 1.82) is 0 Å². The Morgan fingerprint density at radius 3 is 2.94 bits per heavy atom. The number of aliphatic hydroxyl groups excluding tert-OH is 1. The van der Waals surface area contributed by atoms with Crippen LogP contribution in [0.15, 0.2) is 18.3 Å². The topological polar surface area (TPSA) is 62.5 Å². The maximum Gasteiger partial charge on any atom is 0.243 e. The predicted molar refractivity (Wildman–Crippen MR) is 62.3 cm³/mol. The monoisotopic (exact) mass is 238 g/mol. The van der Waals surface area contributed by atoms with Crippen molar-refractivity contribution in [2.75, 3.05) is 11.9 Å². The number of aromatic nitrogens is 3. The van der Waals surface area contributed by atoms with Crippen LogP contribution in [-0.4, -0.2) is 32.4 Å². The summed E-state index contributed by atoms with van der Waals surface area (Å²) in [4.78, 5) is 4.20. The number of rotatable bonds is 4. The van der Waals surface area contributed by atoms with Gasteiger partial charge in [0.05, 0.1) is 6.20 Å². The molecule has 0 radical (unpaired) electrons. The molecule has 0 spiro atoms. The summed E-state index contributed by atoms with van der Waals surface area (Å²) >= 11 is 0. The van der Waals surface area contributed by atoms with E-state index in [1.807, 2.05) is 13.8 Å². The molecule has 0 aliphatic carbocycles. The van der Waals surface area contributed by atoms with Crippen LogP contribution in [0.3, 0.4) is 0 Å². The molecule has 92 valence electrons. The Morgan fingerprint density at radius 2 is 2.24 bits per heavy atom. The molecule has 0 amide bonds. The van der Waals surface area contributed by atoms with Crippen molar-refractivity contribution in [3.05, 3.63) is 24.1 Å². The van der Waals surface area contributed by atoms with E-state index in [2.05, 4.69) is 15.4 Å². The molecule has 2 atom stereocenters. The van der Waals surface area contributed by atoms with Crippen LogP contribution in [-0.2, 0) is 0 Å². The van der Waals surface area contributed by atoms with Crippen LogP contribution >= 0.6 is 0 Å². The van der Waals surface area contributed by atoms with Crippen LogP contribution in [0.2, 0.25) is 0 Å². The number of aliphatic hydroxyl groups is 1. The molecule has 0 saturated heterocycles. The lowest BCUT2D eigenvalue weighted by Crippen LogP contribution is -2.26. The summed E-state index contributed by atoms with van der Waals surface area (Å²) in [6.45, 7) is 3.95. The van der Waals surface area contributed by atoms with Gasteiger partial charge < -0.3 is 10.4 Å². The first-order valence-electron chi connectivity index (χ1n) is 5.49. The summed E-state index contributed by atoms with van der Waals surface area (Å²) in [6.07, 6.45) is 1.27. The van der Waals surface area contributed by atoms with Crippen LogP contribution < -0.4 is 5.32 Å². The van der Waals surface area contributed by atoms with E-state index in [0.717, 1.165) is 0 Å². The first-order chi connectivity index (χ1) is 8.10. The molecule has 2 unspecified atom stereocenters. The highest BCUT2D eigenvalue weighted by Gasteiger charge is 2.13. The molecular weight excluding hydrogens is 223 g/mol. The average Bonchev–Trinajstić information content (AvgIpc) is 2.69. The lowest BCUT2D eigenvalue weighted by Gasteiger charge is -2.17. The van der Waals surface area contributed by atoms with Gasteiger partial charge in [0.1, 0.15) is 5.82 Å². The third-order valence-electron chi connectivity index (χ3n) is 2.79. The Kier molecular flexibility index (Phi) is 3.23. The molecule has 0 fully saturated rings. The molecule has 0 bridgehead atoms. The highest BCUT2D eigenvalue weighted by atomic mass is 19.1. The molecule has 6 heteroatoms. The second-order valence-electron chi connectivity index (χ2n) is 4.18. The molecule has 2 rings (SSSR count). The zero-order chi connectivity index (χ0) is 12.4. The van der Waals surface area contributed by atoms with E-state index in [1.165, 1.54) is 16.8 Å². The van der Waals surface area contributed by atoms with Crippen molar-refractivity contribution in [2.45, 2.75) is 19.9 Å². The molecule has 0 aromatic carbocycles. The van der Waals surface area contributed by atoms with Gasteiger partial charge in [-0.2, -0.15) is 4.98 Å². The molecule has 0 aliphatic heterocycles. The molecule has 2 heterocycles.